The van der Waals surface area contributed by atoms with E-state index in [0.717, 1.165) is 51.6 Å². The molecule has 0 aromatic heterocycles. The van der Waals surface area contributed by atoms with Crippen LogP contribution in [-0.4, -0.2) is 42.5 Å². The van der Waals surface area contributed by atoms with E-state index >= 15 is 0 Å². The SMILES string of the molecule is CCCCCCC(F)(OC(=O)CCN(CCCC)CCCC)C(F)(F)F. The van der Waals surface area contributed by atoms with Gasteiger partial charge in [-0.2, -0.15) is 17.6 Å². The molecule has 0 aliphatic rings. The van der Waals surface area contributed by atoms with Gasteiger partial charge in [0.25, 0.3) is 0 Å². The summed E-state index contributed by atoms with van der Waals surface area (Å²) in [7, 11) is 0. The van der Waals surface area contributed by atoms with E-state index < -0.39 is 24.4 Å². The lowest BCUT2D eigenvalue weighted by molar-refractivity contribution is -0.323. The average Bonchev–Trinajstić information content (AvgIpc) is 2.57. The number of halogens is 4. The zero-order chi connectivity index (χ0) is 20.1. The second kappa shape index (κ2) is 13.3. The van der Waals surface area contributed by atoms with Crippen molar-refractivity contribution in [3.05, 3.63) is 0 Å². The molecule has 26 heavy (non-hydrogen) atoms. The Labute approximate surface area is 155 Å². The molecule has 0 aromatic carbocycles. The normalized spacial score (nSPS) is 14.5. The monoisotopic (exact) mass is 385 g/mol. The quantitative estimate of drug-likeness (QED) is 0.196. The molecule has 0 saturated carbocycles. The van der Waals surface area contributed by atoms with Gasteiger partial charge in [0.1, 0.15) is 0 Å². The summed E-state index contributed by atoms with van der Waals surface area (Å²) in [6, 6.07) is 0. The first kappa shape index (κ1) is 25.1. The van der Waals surface area contributed by atoms with E-state index in [1.54, 1.807) is 0 Å². The lowest BCUT2D eigenvalue weighted by Crippen LogP contribution is -2.45. The van der Waals surface area contributed by atoms with Gasteiger partial charge in [-0.3, -0.25) is 4.79 Å². The topological polar surface area (TPSA) is 29.5 Å². The summed E-state index contributed by atoms with van der Waals surface area (Å²) < 4.78 is 57.7. The van der Waals surface area contributed by atoms with Crippen LogP contribution in [0.2, 0.25) is 0 Å². The minimum atomic E-state index is -5.21. The molecule has 0 rings (SSSR count). The summed E-state index contributed by atoms with van der Waals surface area (Å²) in [6.45, 7) is 7.86. The Balaban J connectivity index is 4.61. The van der Waals surface area contributed by atoms with Gasteiger partial charge >= 0.3 is 18.0 Å². The zero-order valence-electron chi connectivity index (χ0n) is 16.5. The van der Waals surface area contributed by atoms with Crippen LogP contribution in [0.4, 0.5) is 17.6 Å². The predicted octanol–water partition coefficient (Wildman–Crippen LogP) is 6.02. The molecular formula is C19H35F4NO2. The van der Waals surface area contributed by atoms with Crippen LogP contribution in [0.15, 0.2) is 0 Å². The molecule has 0 N–H and O–H groups in total. The second-order valence-electron chi connectivity index (χ2n) is 6.81. The highest BCUT2D eigenvalue weighted by atomic mass is 19.4. The highest BCUT2D eigenvalue weighted by molar-refractivity contribution is 5.70. The zero-order valence-corrected chi connectivity index (χ0v) is 16.5. The number of nitrogens with zero attached hydrogens (tertiary/aromatic N) is 1. The first-order valence-corrected chi connectivity index (χ1v) is 9.90. The molecular weight excluding hydrogens is 350 g/mol. The Morgan fingerprint density at radius 2 is 1.35 bits per heavy atom. The van der Waals surface area contributed by atoms with E-state index in [4.69, 9.17) is 0 Å². The third kappa shape index (κ3) is 10.3. The summed E-state index contributed by atoms with van der Waals surface area (Å²) in [5.41, 5.74) is 0. The van der Waals surface area contributed by atoms with Crippen molar-refractivity contribution in [1.29, 1.82) is 0 Å². The Hall–Kier alpha value is -0.850. The molecule has 7 heteroatoms. The maximum atomic E-state index is 14.3. The van der Waals surface area contributed by atoms with Crippen LogP contribution in [0.3, 0.4) is 0 Å². The van der Waals surface area contributed by atoms with Crippen LogP contribution in [0.25, 0.3) is 0 Å². The highest BCUT2D eigenvalue weighted by Gasteiger charge is 2.59. The molecule has 0 radical (unpaired) electrons. The van der Waals surface area contributed by atoms with E-state index in [0.29, 0.717) is 13.0 Å². The summed E-state index contributed by atoms with van der Waals surface area (Å²) in [5, 5.41) is 0. The van der Waals surface area contributed by atoms with Gasteiger partial charge in [0.05, 0.1) is 6.42 Å². The summed E-state index contributed by atoms with van der Waals surface area (Å²) in [4.78, 5) is 13.9. The van der Waals surface area contributed by atoms with Crippen molar-refractivity contribution in [3.63, 3.8) is 0 Å². The number of hydrogen-bond donors (Lipinski definition) is 0. The first-order valence-electron chi connectivity index (χ1n) is 9.90. The van der Waals surface area contributed by atoms with E-state index in [-0.39, 0.29) is 12.8 Å². The highest BCUT2D eigenvalue weighted by Crippen LogP contribution is 2.39. The number of carbonyl (C=O) groups excluding carboxylic acids is 1. The molecule has 0 heterocycles. The van der Waals surface area contributed by atoms with E-state index in [1.165, 1.54) is 0 Å². The van der Waals surface area contributed by atoms with Crippen molar-refractivity contribution in [2.24, 2.45) is 0 Å². The lowest BCUT2D eigenvalue weighted by atomic mass is 10.1. The lowest BCUT2D eigenvalue weighted by Gasteiger charge is -2.28. The van der Waals surface area contributed by atoms with Crippen LogP contribution >= 0.6 is 0 Å². The molecule has 0 aliphatic carbocycles. The summed E-state index contributed by atoms with van der Waals surface area (Å²) in [5.74, 6) is -5.01. The van der Waals surface area contributed by atoms with E-state index in [9.17, 15) is 22.4 Å². The number of alkyl halides is 4. The van der Waals surface area contributed by atoms with Gasteiger partial charge in [0.2, 0.25) is 0 Å². The predicted molar refractivity (Wildman–Crippen MR) is 95.6 cm³/mol. The fourth-order valence-corrected chi connectivity index (χ4v) is 2.61. The molecule has 3 nitrogen and oxygen atoms in total. The van der Waals surface area contributed by atoms with Crippen LogP contribution in [0.5, 0.6) is 0 Å². The third-order valence-electron chi connectivity index (χ3n) is 4.34. The van der Waals surface area contributed by atoms with Crippen LogP contribution in [0, 0.1) is 0 Å². The van der Waals surface area contributed by atoms with Crippen molar-refractivity contribution < 1.29 is 27.1 Å². The molecule has 0 amide bonds. The van der Waals surface area contributed by atoms with Gasteiger partial charge in [-0.05, 0) is 32.4 Å². The third-order valence-corrected chi connectivity index (χ3v) is 4.34. The number of rotatable bonds is 15. The maximum absolute atomic E-state index is 14.3. The van der Waals surface area contributed by atoms with Gasteiger partial charge < -0.3 is 9.64 Å². The molecule has 156 valence electrons. The van der Waals surface area contributed by atoms with Crippen molar-refractivity contribution in [2.75, 3.05) is 19.6 Å². The number of esters is 1. The smallest absolute Gasteiger partial charge is 0.419 e. The standard InChI is InChI=1S/C19H35F4NO2/c1-4-7-10-11-13-18(20,19(21,22)23)26-17(25)12-16-24(14-8-5-2)15-9-6-3/h4-16H2,1-3H3. The Bertz CT molecular complexity index is 369. The minimum Gasteiger partial charge on any atom is -0.419 e. The van der Waals surface area contributed by atoms with Gasteiger partial charge in [0, 0.05) is 13.0 Å². The summed E-state index contributed by atoms with van der Waals surface area (Å²) >= 11 is 0. The molecule has 1 atom stereocenters. The number of carbonyl (C=O) groups is 1. The fourth-order valence-electron chi connectivity index (χ4n) is 2.61. The van der Waals surface area contributed by atoms with Crippen LogP contribution in [-0.2, 0) is 9.53 Å². The first-order chi connectivity index (χ1) is 12.2. The molecule has 0 aromatic rings. The molecule has 0 saturated heterocycles. The molecule has 0 spiro atoms. The average molecular weight is 385 g/mol. The van der Waals surface area contributed by atoms with Crippen LogP contribution in [0.1, 0.15) is 85.0 Å². The Morgan fingerprint density at radius 1 is 0.808 bits per heavy atom. The van der Waals surface area contributed by atoms with Crippen molar-refractivity contribution in [3.8, 4) is 0 Å². The van der Waals surface area contributed by atoms with E-state index in [2.05, 4.69) is 4.74 Å². The number of unbranched alkanes of at least 4 members (excludes halogenated alkanes) is 5. The Kier molecular flexibility index (Phi) is 12.9. The van der Waals surface area contributed by atoms with Crippen molar-refractivity contribution in [1.82, 2.24) is 4.90 Å². The largest absolute Gasteiger partial charge is 0.460 e. The number of hydrogen-bond acceptors (Lipinski definition) is 3. The van der Waals surface area contributed by atoms with Gasteiger partial charge in [-0.15, -0.1) is 0 Å². The van der Waals surface area contributed by atoms with Crippen molar-refractivity contribution >= 4 is 5.97 Å². The molecule has 0 aliphatic heterocycles. The second-order valence-corrected chi connectivity index (χ2v) is 6.81. The van der Waals surface area contributed by atoms with E-state index in [1.807, 2.05) is 25.7 Å². The fraction of sp³-hybridized carbons (Fsp3) is 0.947. The minimum absolute atomic E-state index is 0.0380. The summed E-state index contributed by atoms with van der Waals surface area (Å²) in [6.07, 6.45) is -0.312. The Morgan fingerprint density at radius 3 is 1.81 bits per heavy atom. The van der Waals surface area contributed by atoms with Crippen molar-refractivity contribution in [2.45, 2.75) is 97.0 Å². The number of ether oxygens (including phenoxy) is 1. The van der Waals surface area contributed by atoms with Gasteiger partial charge in [-0.1, -0.05) is 52.9 Å². The molecule has 0 bridgehead atoms. The van der Waals surface area contributed by atoms with Gasteiger partial charge in [-0.25, -0.2) is 0 Å². The molecule has 0 fully saturated rings. The van der Waals surface area contributed by atoms with Crippen LogP contribution < -0.4 is 0 Å². The van der Waals surface area contributed by atoms with Gasteiger partial charge in [0.15, 0.2) is 0 Å². The molecule has 1 unspecified atom stereocenters. The maximum Gasteiger partial charge on any atom is 0.460 e.